The zero-order valence-corrected chi connectivity index (χ0v) is 35.6. The smallest absolute Gasteiger partial charge is 0.141 e. The molecule has 6 aromatic rings. The fourth-order valence-electron chi connectivity index (χ4n) is 4.17. The molecule has 1 saturated heterocycles. The number of piperidine rings is 1. The van der Waals surface area contributed by atoms with Crippen molar-refractivity contribution >= 4 is 99.4 Å². The van der Waals surface area contributed by atoms with E-state index in [4.69, 9.17) is 66.5 Å². The molecule has 1 aliphatic heterocycles. The Bertz CT molecular complexity index is 1680. The first-order valence-corrected chi connectivity index (χ1v) is 18.9. The van der Waals surface area contributed by atoms with Gasteiger partial charge in [-0.1, -0.05) is 123 Å². The number of aromatic nitrogens is 4. The lowest BCUT2D eigenvalue weighted by molar-refractivity contribution is 0.277. The molecule has 0 saturated carbocycles. The molecular formula is C44H48B7ClFN5. The monoisotopic (exact) mass is 777 g/mol. The van der Waals surface area contributed by atoms with E-state index >= 15 is 0 Å². The summed E-state index contributed by atoms with van der Waals surface area (Å²) in [6.45, 7) is 13.8. The van der Waals surface area contributed by atoms with Crippen LogP contribution in [0.15, 0.2) is 110 Å². The van der Waals surface area contributed by atoms with E-state index in [1.54, 1.807) is 56.0 Å². The normalized spacial score (nSPS) is 11.6. The summed E-state index contributed by atoms with van der Waals surface area (Å²) in [7, 11) is 40.0. The van der Waals surface area contributed by atoms with Crippen molar-refractivity contribution in [2.75, 3.05) is 20.1 Å². The van der Waals surface area contributed by atoms with Gasteiger partial charge in [-0.05, 0) is 109 Å². The third kappa shape index (κ3) is 25.8. The van der Waals surface area contributed by atoms with Crippen molar-refractivity contribution in [2.45, 2.75) is 60.2 Å². The second kappa shape index (κ2) is 29.0. The van der Waals surface area contributed by atoms with Gasteiger partial charge in [-0.15, -0.1) is 0 Å². The SMILES string of the molecule is [B]C1CCN(C)CC1.[B]c1ccc(C)c(Cl)c1.[B]c1ccc(C)c(F)c1.[B]c1ccc(C)cc1.[B]c1ccc(C)cn1.[B]c1ccc(C)nc1.[B]c1cnc(C)nc1. The maximum absolute atomic E-state index is 12.5. The van der Waals surface area contributed by atoms with Crippen LogP contribution in [0.4, 0.5) is 4.39 Å². The van der Waals surface area contributed by atoms with E-state index in [1.165, 1.54) is 37.6 Å². The summed E-state index contributed by atoms with van der Waals surface area (Å²) in [5.74, 6) is 0.986. The van der Waals surface area contributed by atoms with Crippen LogP contribution in [0.25, 0.3) is 0 Å². The van der Waals surface area contributed by atoms with Gasteiger partial charge in [0.05, 0.1) is 7.85 Å². The van der Waals surface area contributed by atoms with E-state index in [2.05, 4.69) is 31.9 Å². The largest absolute Gasteiger partial charge is 0.306 e. The molecule has 0 bridgehead atoms. The van der Waals surface area contributed by atoms with Gasteiger partial charge in [-0.25, -0.2) is 14.4 Å². The second-order valence-electron chi connectivity index (χ2n) is 13.6. The van der Waals surface area contributed by atoms with Crippen molar-refractivity contribution < 1.29 is 4.39 Å². The van der Waals surface area contributed by atoms with Crippen molar-refractivity contribution in [1.82, 2.24) is 24.8 Å². The summed E-state index contributed by atoms with van der Waals surface area (Å²) >= 11 is 5.73. The van der Waals surface area contributed by atoms with Crippen molar-refractivity contribution in [3.63, 3.8) is 0 Å². The van der Waals surface area contributed by atoms with Gasteiger partial charge in [0.25, 0.3) is 0 Å². The Morgan fingerprint density at radius 1 is 0.552 bits per heavy atom. The molecule has 3 aromatic heterocycles. The lowest BCUT2D eigenvalue weighted by Gasteiger charge is -2.26. The van der Waals surface area contributed by atoms with Crippen LogP contribution in [0.1, 0.15) is 46.6 Å². The number of pyridine rings is 2. The maximum Gasteiger partial charge on any atom is 0.141 e. The summed E-state index contributed by atoms with van der Waals surface area (Å²) in [5.41, 5.74) is 8.99. The van der Waals surface area contributed by atoms with Crippen LogP contribution in [0, 0.1) is 47.4 Å². The zero-order valence-electron chi connectivity index (χ0n) is 34.8. The molecule has 0 atom stereocenters. The topological polar surface area (TPSA) is 54.8 Å². The van der Waals surface area contributed by atoms with E-state index in [0.29, 0.717) is 33.4 Å². The number of rotatable bonds is 0. The molecule has 0 aliphatic carbocycles. The van der Waals surface area contributed by atoms with Crippen molar-refractivity contribution in [3.05, 3.63) is 154 Å². The zero-order chi connectivity index (χ0) is 43.6. The lowest BCUT2D eigenvalue weighted by Crippen LogP contribution is -2.27. The molecule has 7 rings (SSSR count). The summed E-state index contributed by atoms with van der Waals surface area (Å²) in [6.07, 6.45) is 8.92. The minimum atomic E-state index is -0.241. The van der Waals surface area contributed by atoms with Gasteiger partial charge in [0.15, 0.2) is 0 Å². The molecule has 4 heterocycles. The molecule has 0 unspecified atom stereocenters. The van der Waals surface area contributed by atoms with E-state index in [1.807, 2.05) is 89.2 Å². The predicted molar refractivity (Wildman–Crippen MR) is 252 cm³/mol. The van der Waals surface area contributed by atoms with Crippen LogP contribution >= 0.6 is 11.6 Å². The Kier molecular flexibility index (Phi) is 25.8. The van der Waals surface area contributed by atoms with Gasteiger partial charge in [0.2, 0.25) is 0 Å². The number of hydrogen-bond donors (Lipinski definition) is 0. The van der Waals surface area contributed by atoms with E-state index in [0.717, 1.165) is 38.6 Å². The van der Waals surface area contributed by atoms with Gasteiger partial charge < -0.3 is 4.90 Å². The molecule has 14 heteroatoms. The molecule has 1 aliphatic rings. The highest BCUT2D eigenvalue weighted by Crippen LogP contribution is 2.16. The minimum absolute atomic E-state index is 0.241. The average Bonchev–Trinajstić information content (AvgIpc) is 3.19. The van der Waals surface area contributed by atoms with Gasteiger partial charge in [-0.2, -0.15) is 0 Å². The lowest BCUT2D eigenvalue weighted by atomic mass is 9.80. The van der Waals surface area contributed by atoms with Crippen LogP contribution in [0.3, 0.4) is 0 Å². The van der Waals surface area contributed by atoms with Gasteiger partial charge in [-0.3, -0.25) is 9.97 Å². The van der Waals surface area contributed by atoms with Crippen molar-refractivity contribution in [2.24, 2.45) is 0 Å². The van der Waals surface area contributed by atoms with E-state index < -0.39 is 0 Å². The van der Waals surface area contributed by atoms with E-state index in [9.17, 15) is 4.39 Å². The minimum Gasteiger partial charge on any atom is -0.306 e. The highest BCUT2D eigenvalue weighted by atomic mass is 35.5. The average molecular weight is 777 g/mol. The number of hydrogen-bond acceptors (Lipinski definition) is 5. The summed E-state index contributed by atoms with van der Waals surface area (Å²) in [4.78, 5) is 17.8. The predicted octanol–water partition coefficient (Wildman–Crippen LogP) is 3.77. The molecule has 5 nitrogen and oxygen atoms in total. The van der Waals surface area contributed by atoms with Crippen molar-refractivity contribution in [3.8, 4) is 0 Å². The molecule has 14 radical (unpaired) electrons. The standard InChI is InChI=1S/C7H6BCl.C7H6BF.C7H7B.C6H12BN.2C6H6BN.C5H5BN2/c2*1-5-2-3-6(8)4-7(5)9;1-6-2-4-7(8)5-3-6;1-8-4-2-6(7)3-5-8;1-5-2-3-6(7)4-8-5;1-5-2-3-6(7)8-4-5;1-4-7-2-5(6)3-8-4/h2*2-4H,1H3;2-5H,1H3;6H,2-5H2,1H3;2*2-4H,1H3;2-3H,1H3. The molecule has 284 valence electrons. The first kappa shape index (κ1) is 51.7. The Morgan fingerprint density at radius 3 is 1.43 bits per heavy atom. The van der Waals surface area contributed by atoms with Crippen LogP contribution in [0.2, 0.25) is 10.8 Å². The number of benzene rings is 3. The number of nitrogens with zero attached hydrogens (tertiary/aromatic N) is 5. The van der Waals surface area contributed by atoms with Crippen LogP contribution in [-0.2, 0) is 0 Å². The second-order valence-corrected chi connectivity index (χ2v) is 14.0. The number of likely N-dealkylation sites (tertiary alicyclic amines) is 1. The first-order chi connectivity index (χ1) is 27.3. The molecule has 58 heavy (non-hydrogen) atoms. The third-order valence-electron chi connectivity index (χ3n) is 7.90. The van der Waals surface area contributed by atoms with Gasteiger partial charge in [0.1, 0.15) is 58.7 Å². The molecule has 0 amide bonds. The third-order valence-corrected chi connectivity index (χ3v) is 8.31. The first-order valence-electron chi connectivity index (χ1n) is 18.5. The number of halogens is 2. The summed E-state index contributed by atoms with van der Waals surface area (Å²) in [5, 5.41) is 0.731. The van der Waals surface area contributed by atoms with Gasteiger partial charge in [0, 0.05) is 35.5 Å². The number of aryl methyl sites for hydroxylation is 6. The molecule has 3 aromatic carbocycles. The Balaban J connectivity index is 0.000000339. The molecule has 1 fully saturated rings. The molecule has 0 spiro atoms. The molecular weight excluding hydrogens is 729 g/mol. The Hall–Kier alpha value is -4.33. The fraction of sp³-hybridized carbons (Fsp3) is 0.273. The van der Waals surface area contributed by atoms with Crippen molar-refractivity contribution in [1.29, 1.82) is 0 Å². The highest BCUT2D eigenvalue weighted by molar-refractivity contribution is 6.36. The quantitative estimate of drug-likeness (QED) is 0.220. The van der Waals surface area contributed by atoms with Crippen LogP contribution < -0.4 is 32.9 Å². The summed E-state index contributed by atoms with van der Waals surface area (Å²) < 4.78 is 12.5. The summed E-state index contributed by atoms with van der Waals surface area (Å²) in [6, 6.07) is 25.4. The fourth-order valence-corrected chi connectivity index (χ4v) is 4.36. The van der Waals surface area contributed by atoms with Crippen LogP contribution in [0.5, 0.6) is 0 Å². The van der Waals surface area contributed by atoms with Gasteiger partial charge >= 0.3 is 0 Å². The maximum atomic E-state index is 12.5. The van der Waals surface area contributed by atoms with E-state index in [-0.39, 0.29) is 5.82 Å². The molecule has 0 N–H and O–H groups in total. The Morgan fingerprint density at radius 2 is 1.05 bits per heavy atom. The Labute approximate surface area is 361 Å². The van der Waals surface area contributed by atoms with Crippen LogP contribution in [-0.4, -0.2) is 99.9 Å². The highest BCUT2D eigenvalue weighted by Gasteiger charge is 2.10.